The van der Waals surface area contributed by atoms with Crippen molar-refractivity contribution in [1.29, 1.82) is 0 Å². The Morgan fingerprint density at radius 2 is 2.00 bits per heavy atom. The molecule has 0 bridgehead atoms. The summed E-state index contributed by atoms with van der Waals surface area (Å²) >= 11 is 0. The van der Waals surface area contributed by atoms with E-state index in [4.69, 9.17) is 0 Å². The molecule has 118 valence electrons. The molecule has 0 saturated heterocycles. The van der Waals surface area contributed by atoms with Gasteiger partial charge >= 0.3 is 0 Å². The Kier molecular flexibility index (Phi) is 3.16. The van der Waals surface area contributed by atoms with Crippen LogP contribution >= 0.6 is 0 Å². The van der Waals surface area contributed by atoms with Crippen LogP contribution in [0.15, 0.2) is 47.6 Å². The molecule has 23 heavy (non-hydrogen) atoms. The fraction of sp³-hybridized carbons (Fsp3) is 0.235. The topological polar surface area (TPSA) is 63.5 Å². The third-order valence-electron chi connectivity index (χ3n) is 4.23. The summed E-state index contributed by atoms with van der Waals surface area (Å²) in [6.07, 6.45) is 6.80. The molecule has 0 aliphatic heterocycles. The maximum Gasteiger partial charge on any atom is 0.262 e. The average molecular weight is 327 g/mol. The first kappa shape index (κ1) is 14.3. The predicted molar refractivity (Wildman–Crippen MR) is 89.2 cm³/mol. The first-order valence-electron chi connectivity index (χ1n) is 7.62. The summed E-state index contributed by atoms with van der Waals surface area (Å²) in [7, 11) is -3.62. The van der Waals surface area contributed by atoms with Gasteiger partial charge in [0.25, 0.3) is 10.0 Å². The molecule has 2 aromatic heterocycles. The number of benzene rings is 1. The van der Waals surface area contributed by atoms with Crippen molar-refractivity contribution in [3.05, 3.63) is 59.5 Å². The van der Waals surface area contributed by atoms with Crippen molar-refractivity contribution in [2.45, 2.75) is 31.1 Å². The molecule has 1 N–H and O–H groups in total. The van der Waals surface area contributed by atoms with Gasteiger partial charge < -0.3 is 4.40 Å². The summed E-state index contributed by atoms with van der Waals surface area (Å²) in [4.78, 5) is 4.69. The minimum absolute atomic E-state index is 0.309. The lowest BCUT2D eigenvalue weighted by Crippen LogP contribution is -2.14. The van der Waals surface area contributed by atoms with Gasteiger partial charge in [0.05, 0.1) is 16.3 Å². The Hall–Kier alpha value is -2.34. The second kappa shape index (κ2) is 5.09. The Labute approximate surface area is 135 Å². The van der Waals surface area contributed by atoms with E-state index in [1.54, 1.807) is 24.3 Å². The van der Waals surface area contributed by atoms with Gasteiger partial charge in [-0.15, -0.1) is 0 Å². The van der Waals surface area contributed by atoms with Crippen LogP contribution in [0.25, 0.3) is 5.65 Å². The number of rotatable bonds is 3. The Morgan fingerprint density at radius 3 is 2.87 bits per heavy atom. The number of aromatic nitrogens is 2. The first-order valence-corrected chi connectivity index (χ1v) is 9.10. The molecule has 0 amide bonds. The van der Waals surface area contributed by atoms with E-state index in [0.717, 1.165) is 30.5 Å². The standard InChI is InChI=1S/C17H17N3O2S/c1-12-11-20-9-3-6-16(17(20)18-12)19-23(21,22)15-8-7-13-4-2-5-14(13)10-15/h3,6-11,19H,2,4-5H2,1H3. The zero-order valence-corrected chi connectivity index (χ0v) is 13.6. The van der Waals surface area contributed by atoms with Crippen LogP contribution in [0.1, 0.15) is 23.2 Å². The summed E-state index contributed by atoms with van der Waals surface area (Å²) in [6.45, 7) is 1.88. The van der Waals surface area contributed by atoms with Crippen molar-refractivity contribution in [1.82, 2.24) is 9.38 Å². The van der Waals surface area contributed by atoms with Gasteiger partial charge in [0.2, 0.25) is 0 Å². The number of imidazole rings is 1. The third kappa shape index (κ3) is 2.49. The van der Waals surface area contributed by atoms with Gasteiger partial charge in [-0.25, -0.2) is 13.4 Å². The lowest BCUT2D eigenvalue weighted by molar-refractivity contribution is 0.601. The number of pyridine rings is 1. The number of fused-ring (bicyclic) bond motifs is 2. The normalized spacial score (nSPS) is 14.1. The maximum atomic E-state index is 12.7. The van der Waals surface area contributed by atoms with Crippen LogP contribution in [0.5, 0.6) is 0 Å². The molecule has 2 heterocycles. The van der Waals surface area contributed by atoms with Gasteiger partial charge in [-0.2, -0.15) is 0 Å². The fourth-order valence-electron chi connectivity index (χ4n) is 3.13. The smallest absolute Gasteiger partial charge is 0.262 e. The number of hydrogen-bond acceptors (Lipinski definition) is 3. The van der Waals surface area contributed by atoms with Crippen LogP contribution in [0.4, 0.5) is 5.69 Å². The number of anilines is 1. The van der Waals surface area contributed by atoms with E-state index in [1.807, 2.05) is 29.8 Å². The molecule has 6 heteroatoms. The van der Waals surface area contributed by atoms with Gasteiger partial charge in [-0.1, -0.05) is 6.07 Å². The molecule has 1 aliphatic rings. The van der Waals surface area contributed by atoms with E-state index in [9.17, 15) is 8.42 Å². The summed E-state index contributed by atoms with van der Waals surface area (Å²) in [5.41, 5.74) is 4.34. The van der Waals surface area contributed by atoms with Gasteiger partial charge in [0.1, 0.15) is 0 Å². The Bertz CT molecular complexity index is 1010. The van der Waals surface area contributed by atoms with Gasteiger partial charge in [-0.3, -0.25) is 4.72 Å². The van der Waals surface area contributed by atoms with Crippen molar-refractivity contribution < 1.29 is 8.42 Å². The van der Waals surface area contributed by atoms with E-state index in [2.05, 4.69) is 9.71 Å². The molecule has 0 radical (unpaired) electrons. The highest BCUT2D eigenvalue weighted by Crippen LogP contribution is 2.26. The largest absolute Gasteiger partial charge is 0.305 e. The lowest BCUT2D eigenvalue weighted by atomic mass is 10.1. The number of sulfonamides is 1. The van der Waals surface area contributed by atoms with Crippen LogP contribution in [0.2, 0.25) is 0 Å². The van der Waals surface area contributed by atoms with Crippen molar-refractivity contribution in [2.75, 3.05) is 4.72 Å². The van der Waals surface area contributed by atoms with Crippen LogP contribution in [-0.2, 0) is 22.9 Å². The van der Waals surface area contributed by atoms with Crippen molar-refractivity contribution >= 4 is 21.4 Å². The van der Waals surface area contributed by atoms with Crippen LogP contribution in [0, 0.1) is 6.92 Å². The predicted octanol–water partition coefficient (Wildman–Crippen LogP) is 2.93. The van der Waals surface area contributed by atoms with Crippen LogP contribution in [0.3, 0.4) is 0 Å². The summed E-state index contributed by atoms with van der Waals surface area (Å²) in [5, 5.41) is 0. The Morgan fingerprint density at radius 1 is 1.17 bits per heavy atom. The summed E-state index contributed by atoms with van der Waals surface area (Å²) in [5.74, 6) is 0. The molecule has 4 rings (SSSR count). The van der Waals surface area contributed by atoms with Crippen molar-refractivity contribution in [3.63, 3.8) is 0 Å². The molecule has 1 aromatic carbocycles. The molecular weight excluding hydrogens is 310 g/mol. The lowest BCUT2D eigenvalue weighted by Gasteiger charge is -2.10. The molecule has 0 spiro atoms. The molecule has 0 saturated carbocycles. The average Bonchev–Trinajstić information content (AvgIpc) is 3.11. The van der Waals surface area contributed by atoms with Crippen molar-refractivity contribution in [2.24, 2.45) is 0 Å². The van der Waals surface area contributed by atoms with E-state index < -0.39 is 10.0 Å². The number of nitrogens with one attached hydrogen (secondary N) is 1. The molecule has 1 aliphatic carbocycles. The zero-order chi connectivity index (χ0) is 16.0. The maximum absolute atomic E-state index is 12.7. The third-order valence-corrected chi connectivity index (χ3v) is 5.59. The van der Waals surface area contributed by atoms with Crippen LogP contribution in [-0.4, -0.2) is 17.8 Å². The van der Waals surface area contributed by atoms with E-state index >= 15 is 0 Å². The molecule has 0 unspecified atom stereocenters. The molecule has 0 fully saturated rings. The highest BCUT2D eigenvalue weighted by Gasteiger charge is 2.19. The summed E-state index contributed by atoms with van der Waals surface area (Å²) < 4.78 is 29.9. The number of aryl methyl sites for hydroxylation is 3. The number of hydrogen-bond donors (Lipinski definition) is 1. The molecule has 3 aromatic rings. The fourth-order valence-corrected chi connectivity index (χ4v) is 4.25. The quantitative estimate of drug-likeness (QED) is 0.804. The monoisotopic (exact) mass is 327 g/mol. The van der Waals surface area contributed by atoms with Crippen LogP contribution < -0.4 is 4.72 Å². The molecular formula is C17H17N3O2S. The second-order valence-corrected chi connectivity index (χ2v) is 7.61. The van der Waals surface area contributed by atoms with Crippen molar-refractivity contribution in [3.8, 4) is 0 Å². The minimum atomic E-state index is -3.62. The molecule has 0 atom stereocenters. The van der Waals surface area contributed by atoms with Gasteiger partial charge in [0.15, 0.2) is 5.65 Å². The highest BCUT2D eigenvalue weighted by atomic mass is 32.2. The number of nitrogens with zero attached hydrogens (tertiary/aromatic N) is 2. The minimum Gasteiger partial charge on any atom is -0.305 e. The zero-order valence-electron chi connectivity index (χ0n) is 12.8. The van der Waals surface area contributed by atoms with E-state index in [0.29, 0.717) is 16.2 Å². The Balaban J connectivity index is 1.74. The van der Waals surface area contributed by atoms with Gasteiger partial charge in [-0.05, 0) is 61.6 Å². The second-order valence-electron chi connectivity index (χ2n) is 5.92. The highest BCUT2D eigenvalue weighted by molar-refractivity contribution is 7.92. The van der Waals surface area contributed by atoms with E-state index in [-0.39, 0.29) is 0 Å². The van der Waals surface area contributed by atoms with E-state index in [1.165, 1.54) is 5.56 Å². The van der Waals surface area contributed by atoms with Gasteiger partial charge in [0, 0.05) is 12.4 Å². The SMILES string of the molecule is Cc1cn2cccc(NS(=O)(=O)c3ccc4c(c3)CCC4)c2n1. The molecule has 5 nitrogen and oxygen atoms in total. The summed E-state index contributed by atoms with van der Waals surface area (Å²) in [6, 6.07) is 8.93. The first-order chi connectivity index (χ1) is 11.0.